The largest absolute Gasteiger partial charge is 0.489 e. The molecule has 6 heteroatoms. The van der Waals surface area contributed by atoms with Crippen LogP contribution in [0.25, 0.3) is 0 Å². The van der Waals surface area contributed by atoms with Crippen molar-refractivity contribution in [3.8, 4) is 5.75 Å². The Kier molecular flexibility index (Phi) is 5.37. The number of ether oxygens (including phenoxy) is 1. The zero-order chi connectivity index (χ0) is 12.8. The van der Waals surface area contributed by atoms with Gasteiger partial charge in [0.1, 0.15) is 11.6 Å². The molecule has 1 unspecified atom stereocenters. The number of hydrazine groups is 1. The van der Waals surface area contributed by atoms with Gasteiger partial charge in [-0.3, -0.25) is 10.2 Å². The molecule has 0 spiro atoms. The van der Waals surface area contributed by atoms with E-state index in [4.69, 9.17) is 10.6 Å². The van der Waals surface area contributed by atoms with Gasteiger partial charge in [-0.1, -0.05) is 0 Å². The molecule has 0 heterocycles. The lowest BCUT2D eigenvalue weighted by molar-refractivity contribution is -0.121. The minimum absolute atomic E-state index is 0.203. The lowest BCUT2D eigenvalue weighted by atomic mass is 10.2. The first-order valence-corrected chi connectivity index (χ1v) is 5.93. The third-order valence-electron chi connectivity index (χ3n) is 2.16. The molecule has 0 radical (unpaired) electrons. The summed E-state index contributed by atoms with van der Waals surface area (Å²) in [7, 11) is 0. The number of nitrogens with two attached hydrogens (primary N) is 1. The number of nitrogens with one attached hydrogen (secondary N) is 1. The fraction of sp³-hybridized carbons (Fsp3) is 0.364. The molecule has 0 aliphatic carbocycles. The van der Waals surface area contributed by atoms with Crippen LogP contribution in [0, 0.1) is 5.82 Å². The minimum Gasteiger partial charge on any atom is -0.489 e. The van der Waals surface area contributed by atoms with Crippen molar-refractivity contribution in [2.75, 3.05) is 0 Å². The molecule has 0 saturated carbocycles. The average molecular weight is 305 g/mol. The van der Waals surface area contributed by atoms with Gasteiger partial charge in [-0.05, 0) is 41.4 Å². The van der Waals surface area contributed by atoms with Crippen LogP contribution < -0.4 is 16.0 Å². The summed E-state index contributed by atoms with van der Waals surface area (Å²) >= 11 is 3.26. The number of hydrogen-bond acceptors (Lipinski definition) is 3. The topological polar surface area (TPSA) is 64.4 Å². The molecule has 1 aromatic carbocycles. The molecule has 4 nitrogen and oxygen atoms in total. The van der Waals surface area contributed by atoms with Gasteiger partial charge in [0.05, 0.1) is 10.6 Å². The van der Waals surface area contributed by atoms with E-state index in [2.05, 4.69) is 15.9 Å². The van der Waals surface area contributed by atoms with Crippen LogP contribution in [0.2, 0.25) is 0 Å². The van der Waals surface area contributed by atoms with Gasteiger partial charge in [0.15, 0.2) is 0 Å². The van der Waals surface area contributed by atoms with Crippen LogP contribution in [0.5, 0.6) is 5.75 Å². The lowest BCUT2D eigenvalue weighted by Gasteiger charge is -2.15. The van der Waals surface area contributed by atoms with E-state index in [9.17, 15) is 9.18 Å². The van der Waals surface area contributed by atoms with Crippen molar-refractivity contribution in [2.45, 2.75) is 25.9 Å². The zero-order valence-corrected chi connectivity index (χ0v) is 11.0. The molecule has 0 fully saturated rings. The number of amides is 1. The Hall–Kier alpha value is -1.14. The molecule has 0 aliphatic rings. The van der Waals surface area contributed by atoms with Crippen molar-refractivity contribution in [1.29, 1.82) is 0 Å². The van der Waals surface area contributed by atoms with E-state index in [1.54, 1.807) is 13.0 Å². The van der Waals surface area contributed by atoms with Gasteiger partial charge in [0, 0.05) is 12.5 Å². The third kappa shape index (κ3) is 4.70. The van der Waals surface area contributed by atoms with Gasteiger partial charge in [0.2, 0.25) is 5.91 Å². The smallest absolute Gasteiger partial charge is 0.234 e. The quantitative estimate of drug-likeness (QED) is 0.497. The highest BCUT2D eigenvalue weighted by molar-refractivity contribution is 9.10. The molecule has 3 N–H and O–H groups in total. The Balaban J connectivity index is 2.52. The minimum atomic E-state index is -0.366. The van der Waals surface area contributed by atoms with Crippen LogP contribution in [0.15, 0.2) is 22.7 Å². The summed E-state index contributed by atoms with van der Waals surface area (Å²) in [5.41, 5.74) is 2.04. The van der Waals surface area contributed by atoms with E-state index in [0.29, 0.717) is 16.6 Å². The number of rotatable bonds is 5. The predicted molar refractivity (Wildman–Crippen MR) is 65.8 cm³/mol. The van der Waals surface area contributed by atoms with Crippen LogP contribution >= 0.6 is 15.9 Å². The number of hydrogen-bond donors (Lipinski definition) is 2. The highest BCUT2D eigenvalue weighted by Gasteiger charge is 2.10. The number of benzene rings is 1. The second-order valence-electron chi connectivity index (χ2n) is 3.61. The van der Waals surface area contributed by atoms with Gasteiger partial charge >= 0.3 is 0 Å². The van der Waals surface area contributed by atoms with E-state index >= 15 is 0 Å². The summed E-state index contributed by atoms with van der Waals surface area (Å²) in [5, 5.41) is 0. The second-order valence-corrected chi connectivity index (χ2v) is 4.46. The van der Waals surface area contributed by atoms with Crippen molar-refractivity contribution in [1.82, 2.24) is 5.43 Å². The van der Waals surface area contributed by atoms with Crippen molar-refractivity contribution < 1.29 is 13.9 Å². The standard InChI is InChI=1S/C11H14BrFN2O2/c1-7(2-5-11(16)15-14)17-10-6-8(13)3-4-9(10)12/h3-4,6-7H,2,5,14H2,1H3,(H,15,16). The van der Waals surface area contributed by atoms with Gasteiger partial charge in [-0.25, -0.2) is 10.2 Å². The van der Waals surface area contributed by atoms with E-state index in [-0.39, 0.29) is 24.2 Å². The summed E-state index contributed by atoms with van der Waals surface area (Å²) in [5.74, 6) is 4.76. The van der Waals surface area contributed by atoms with E-state index < -0.39 is 0 Å². The summed E-state index contributed by atoms with van der Waals surface area (Å²) in [6, 6.07) is 4.21. The Morgan fingerprint density at radius 2 is 2.35 bits per heavy atom. The van der Waals surface area contributed by atoms with Crippen molar-refractivity contribution in [2.24, 2.45) is 5.84 Å². The summed E-state index contributed by atoms with van der Waals surface area (Å²) < 4.78 is 19.2. The van der Waals surface area contributed by atoms with E-state index in [0.717, 1.165) is 0 Å². The fourth-order valence-corrected chi connectivity index (χ4v) is 1.59. The van der Waals surface area contributed by atoms with Crippen LogP contribution in [0.1, 0.15) is 19.8 Å². The molecule has 1 aromatic rings. The predicted octanol–water partition coefficient (Wildman–Crippen LogP) is 2.13. The molecule has 17 heavy (non-hydrogen) atoms. The first-order valence-electron chi connectivity index (χ1n) is 5.14. The number of carbonyl (C=O) groups excluding carboxylic acids is 1. The highest BCUT2D eigenvalue weighted by atomic mass is 79.9. The van der Waals surface area contributed by atoms with Crippen LogP contribution in [-0.2, 0) is 4.79 Å². The van der Waals surface area contributed by atoms with E-state index in [1.807, 2.05) is 5.43 Å². The van der Waals surface area contributed by atoms with Gasteiger partial charge in [0.25, 0.3) is 0 Å². The Bertz CT molecular complexity index is 401. The summed E-state index contributed by atoms with van der Waals surface area (Å²) in [4.78, 5) is 10.9. The molecule has 0 aromatic heterocycles. The second kappa shape index (κ2) is 6.56. The maximum absolute atomic E-state index is 13.0. The third-order valence-corrected chi connectivity index (χ3v) is 2.82. The highest BCUT2D eigenvalue weighted by Crippen LogP contribution is 2.27. The summed E-state index contributed by atoms with van der Waals surface area (Å²) in [6.45, 7) is 1.81. The van der Waals surface area contributed by atoms with Crippen molar-refractivity contribution in [3.05, 3.63) is 28.5 Å². The first-order chi connectivity index (χ1) is 8.02. The Labute approximate surface area is 107 Å². The molecule has 0 aliphatic heterocycles. The van der Waals surface area contributed by atoms with Crippen LogP contribution in [-0.4, -0.2) is 12.0 Å². The number of halogens is 2. The monoisotopic (exact) mass is 304 g/mol. The number of carbonyl (C=O) groups is 1. The van der Waals surface area contributed by atoms with Crippen LogP contribution in [0.4, 0.5) is 4.39 Å². The Morgan fingerprint density at radius 1 is 1.65 bits per heavy atom. The summed E-state index contributed by atoms with van der Waals surface area (Å²) in [6.07, 6.45) is 0.571. The molecule has 94 valence electrons. The molecular formula is C11H14BrFN2O2. The van der Waals surface area contributed by atoms with E-state index in [1.165, 1.54) is 12.1 Å². The van der Waals surface area contributed by atoms with Gasteiger partial charge in [-0.2, -0.15) is 0 Å². The van der Waals surface area contributed by atoms with Crippen LogP contribution in [0.3, 0.4) is 0 Å². The van der Waals surface area contributed by atoms with Crippen molar-refractivity contribution >= 4 is 21.8 Å². The lowest BCUT2D eigenvalue weighted by Crippen LogP contribution is -2.30. The van der Waals surface area contributed by atoms with Gasteiger partial charge < -0.3 is 4.74 Å². The molecule has 1 atom stereocenters. The first kappa shape index (κ1) is 13.9. The molecule has 0 bridgehead atoms. The van der Waals surface area contributed by atoms with Crippen molar-refractivity contribution in [3.63, 3.8) is 0 Å². The maximum atomic E-state index is 13.0. The normalized spacial score (nSPS) is 12.0. The molecule has 0 saturated heterocycles. The van der Waals surface area contributed by atoms with Gasteiger partial charge in [-0.15, -0.1) is 0 Å². The maximum Gasteiger partial charge on any atom is 0.234 e. The average Bonchev–Trinajstić information content (AvgIpc) is 2.30. The molecule has 1 rings (SSSR count). The molecule has 1 amide bonds. The Morgan fingerprint density at radius 3 is 3.00 bits per heavy atom. The fourth-order valence-electron chi connectivity index (χ4n) is 1.25. The SMILES string of the molecule is CC(CCC(=O)NN)Oc1cc(F)ccc1Br. The zero-order valence-electron chi connectivity index (χ0n) is 9.37. The molecular weight excluding hydrogens is 291 g/mol.